The molecule has 2 aromatic heterocycles. The Bertz CT molecular complexity index is 880. The van der Waals surface area contributed by atoms with E-state index in [1.54, 1.807) is 24.4 Å². The average Bonchev–Trinajstić information content (AvgIpc) is 2.99. The molecule has 0 fully saturated rings. The summed E-state index contributed by atoms with van der Waals surface area (Å²) in [6, 6.07) is 7.89. The van der Waals surface area contributed by atoms with Crippen molar-refractivity contribution in [2.75, 3.05) is 7.11 Å². The van der Waals surface area contributed by atoms with Gasteiger partial charge in [0.15, 0.2) is 17.3 Å². The van der Waals surface area contributed by atoms with E-state index in [4.69, 9.17) is 4.74 Å². The van der Waals surface area contributed by atoms with Gasteiger partial charge in [0.2, 0.25) is 0 Å². The van der Waals surface area contributed by atoms with Crippen LogP contribution >= 0.6 is 0 Å². The predicted molar refractivity (Wildman–Crippen MR) is 82.3 cm³/mol. The second-order valence-electron chi connectivity index (χ2n) is 4.96. The van der Waals surface area contributed by atoms with Crippen LogP contribution in [0.2, 0.25) is 0 Å². The maximum absolute atomic E-state index is 13.8. The van der Waals surface area contributed by atoms with E-state index in [9.17, 15) is 14.3 Å². The number of rotatable bonds is 5. The Kier molecular flexibility index (Phi) is 4.19. The van der Waals surface area contributed by atoms with E-state index >= 15 is 0 Å². The molecule has 2 heterocycles. The van der Waals surface area contributed by atoms with Crippen LogP contribution in [0.15, 0.2) is 42.7 Å². The molecule has 1 aromatic carbocycles. The number of aromatic carboxylic acids is 1. The van der Waals surface area contributed by atoms with Gasteiger partial charge < -0.3 is 9.84 Å². The van der Waals surface area contributed by atoms with E-state index in [-0.39, 0.29) is 18.0 Å². The van der Waals surface area contributed by atoms with Gasteiger partial charge >= 0.3 is 5.97 Å². The maximum atomic E-state index is 13.8. The Morgan fingerprint density at radius 2 is 2.21 bits per heavy atom. The molecule has 0 aliphatic carbocycles. The van der Waals surface area contributed by atoms with Gasteiger partial charge in [-0.3, -0.25) is 4.98 Å². The molecular formula is C16H13FN4O3. The van der Waals surface area contributed by atoms with Crippen LogP contribution in [-0.2, 0) is 6.54 Å². The van der Waals surface area contributed by atoms with E-state index in [2.05, 4.69) is 15.3 Å². The number of methoxy groups -OCH3 is 1. The summed E-state index contributed by atoms with van der Waals surface area (Å²) in [4.78, 5) is 15.4. The largest absolute Gasteiger partial charge is 0.494 e. The minimum atomic E-state index is -1.19. The number of carboxylic acid groups (broad SMARTS) is 1. The lowest BCUT2D eigenvalue weighted by molar-refractivity contribution is 0.0691. The van der Waals surface area contributed by atoms with Gasteiger partial charge in [0, 0.05) is 18.0 Å². The second kappa shape index (κ2) is 6.45. The van der Waals surface area contributed by atoms with Gasteiger partial charge in [-0.15, -0.1) is 5.10 Å². The third-order valence-electron chi connectivity index (χ3n) is 3.42. The topological polar surface area (TPSA) is 90.1 Å². The summed E-state index contributed by atoms with van der Waals surface area (Å²) in [5.74, 6) is -1.56. The minimum Gasteiger partial charge on any atom is -0.494 e. The van der Waals surface area contributed by atoms with Crippen LogP contribution in [0.25, 0.3) is 11.3 Å². The molecule has 0 aliphatic rings. The Morgan fingerprint density at radius 3 is 2.83 bits per heavy atom. The fourth-order valence-corrected chi connectivity index (χ4v) is 2.34. The number of pyridine rings is 1. The molecule has 0 saturated heterocycles. The molecule has 3 rings (SSSR count). The number of nitrogens with zero attached hydrogens (tertiary/aromatic N) is 4. The van der Waals surface area contributed by atoms with Crippen LogP contribution in [0.5, 0.6) is 5.75 Å². The molecular weight excluding hydrogens is 315 g/mol. The van der Waals surface area contributed by atoms with E-state index in [0.717, 1.165) is 0 Å². The first-order valence-electron chi connectivity index (χ1n) is 6.99. The van der Waals surface area contributed by atoms with Crippen LogP contribution < -0.4 is 4.74 Å². The zero-order chi connectivity index (χ0) is 17.1. The Balaban J connectivity index is 2.03. The highest BCUT2D eigenvalue weighted by molar-refractivity contribution is 5.92. The van der Waals surface area contributed by atoms with Crippen molar-refractivity contribution in [3.05, 3.63) is 59.8 Å². The standard InChI is InChI=1S/C16H13FN4O3/c1-24-13-5-4-10(7-12(13)17)9-21-15(11-3-2-6-18-8-11)14(16(22)23)19-20-21/h2-8H,9H2,1H3,(H,22,23). The lowest BCUT2D eigenvalue weighted by Gasteiger charge is -2.08. The molecule has 0 bridgehead atoms. The number of ether oxygens (including phenoxy) is 1. The lowest BCUT2D eigenvalue weighted by atomic mass is 10.1. The summed E-state index contributed by atoms with van der Waals surface area (Å²) in [6.07, 6.45) is 3.10. The first kappa shape index (κ1) is 15.6. The molecule has 24 heavy (non-hydrogen) atoms. The minimum absolute atomic E-state index is 0.135. The molecule has 0 unspecified atom stereocenters. The summed E-state index contributed by atoms with van der Waals surface area (Å²) < 4.78 is 20.1. The van der Waals surface area contributed by atoms with Crippen LogP contribution in [-0.4, -0.2) is 38.2 Å². The van der Waals surface area contributed by atoms with E-state index in [0.29, 0.717) is 16.8 Å². The maximum Gasteiger partial charge on any atom is 0.358 e. The monoisotopic (exact) mass is 328 g/mol. The normalized spacial score (nSPS) is 10.6. The Labute approximate surface area is 136 Å². The second-order valence-corrected chi connectivity index (χ2v) is 4.96. The van der Waals surface area contributed by atoms with Crippen molar-refractivity contribution in [2.45, 2.75) is 6.54 Å². The highest BCUT2D eigenvalue weighted by Gasteiger charge is 2.21. The van der Waals surface area contributed by atoms with Crippen molar-refractivity contribution < 1.29 is 19.0 Å². The smallest absolute Gasteiger partial charge is 0.358 e. The number of benzene rings is 1. The molecule has 0 radical (unpaired) electrons. The summed E-state index contributed by atoms with van der Waals surface area (Å²) in [6.45, 7) is 0.158. The van der Waals surface area contributed by atoms with E-state index < -0.39 is 11.8 Å². The van der Waals surface area contributed by atoms with Crippen LogP contribution in [0.4, 0.5) is 4.39 Å². The summed E-state index contributed by atoms with van der Waals surface area (Å²) >= 11 is 0. The summed E-state index contributed by atoms with van der Waals surface area (Å²) in [7, 11) is 1.38. The molecule has 3 aromatic rings. The molecule has 8 heteroatoms. The van der Waals surface area contributed by atoms with Crippen molar-refractivity contribution >= 4 is 5.97 Å². The number of hydrogen-bond acceptors (Lipinski definition) is 5. The third kappa shape index (κ3) is 2.94. The third-order valence-corrected chi connectivity index (χ3v) is 3.42. The van der Waals surface area contributed by atoms with Crippen molar-refractivity contribution in [2.24, 2.45) is 0 Å². The van der Waals surface area contributed by atoms with Crippen molar-refractivity contribution in [1.29, 1.82) is 0 Å². The SMILES string of the molecule is COc1ccc(Cn2nnc(C(=O)O)c2-c2cccnc2)cc1F. The zero-order valence-electron chi connectivity index (χ0n) is 12.7. The average molecular weight is 328 g/mol. The number of hydrogen-bond donors (Lipinski definition) is 1. The van der Waals surface area contributed by atoms with Crippen molar-refractivity contribution in [3.8, 4) is 17.0 Å². The van der Waals surface area contributed by atoms with Crippen LogP contribution in [0.1, 0.15) is 16.1 Å². The first-order valence-corrected chi connectivity index (χ1v) is 6.99. The van der Waals surface area contributed by atoms with Gasteiger partial charge in [-0.2, -0.15) is 0 Å². The predicted octanol–water partition coefficient (Wildman–Crippen LogP) is 2.23. The van der Waals surface area contributed by atoms with Crippen molar-refractivity contribution in [1.82, 2.24) is 20.0 Å². The van der Waals surface area contributed by atoms with Gasteiger partial charge in [0.25, 0.3) is 0 Å². The fraction of sp³-hybridized carbons (Fsp3) is 0.125. The van der Waals surface area contributed by atoms with Crippen molar-refractivity contribution in [3.63, 3.8) is 0 Å². The van der Waals surface area contributed by atoms with E-state index in [1.165, 1.54) is 30.1 Å². The first-order chi connectivity index (χ1) is 11.6. The molecule has 0 amide bonds. The molecule has 1 N–H and O–H groups in total. The zero-order valence-corrected chi connectivity index (χ0v) is 12.7. The van der Waals surface area contributed by atoms with E-state index in [1.807, 2.05) is 0 Å². The van der Waals surface area contributed by atoms with Gasteiger partial charge in [-0.05, 0) is 29.8 Å². The summed E-state index contributed by atoms with van der Waals surface area (Å²) in [5, 5.41) is 16.9. The Morgan fingerprint density at radius 1 is 1.38 bits per heavy atom. The number of halogens is 1. The quantitative estimate of drug-likeness (QED) is 0.772. The number of aromatic nitrogens is 4. The molecule has 0 atom stereocenters. The fourth-order valence-electron chi connectivity index (χ4n) is 2.34. The molecule has 0 spiro atoms. The molecule has 7 nitrogen and oxygen atoms in total. The lowest BCUT2D eigenvalue weighted by Crippen LogP contribution is -2.06. The Hall–Kier alpha value is -3.29. The number of carbonyl (C=O) groups is 1. The molecule has 122 valence electrons. The van der Waals surface area contributed by atoms with Crippen LogP contribution in [0, 0.1) is 5.82 Å². The van der Waals surface area contributed by atoms with Gasteiger partial charge in [-0.25, -0.2) is 13.9 Å². The molecule has 0 saturated carbocycles. The highest BCUT2D eigenvalue weighted by Crippen LogP contribution is 2.24. The van der Waals surface area contributed by atoms with Gasteiger partial charge in [0.05, 0.1) is 13.7 Å². The highest BCUT2D eigenvalue weighted by atomic mass is 19.1. The number of carboxylic acids is 1. The van der Waals surface area contributed by atoms with Crippen LogP contribution in [0.3, 0.4) is 0 Å². The van der Waals surface area contributed by atoms with Gasteiger partial charge in [-0.1, -0.05) is 11.3 Å². The molecule has 0 aliphatic heterocycles. The summed E-state index contributed by atoms with van der Waals surface area (Å²) in [5.41, 5.74) is 1.29. The van der Waals surface area contributed by atoms with Gasteiger partial charge in [0.1, 0.15) is 5.69 Å².